The lowest BCUT2D eigenvalue weighted by molar-refractivity contribution is 0.194. The van der Waals surface area contributed by atoms with E-state index >= 15 is 0 Å². The van der Waals surface area contributed by atoms with Crippen LogP contribution in [0, 0.1) is 0 Å². The average Bonchev–Trinajstić information content (AvgIpc) is 2.39. The maximum absolute atomic E-state index is 9.74. The summed E-state index contributed by atoms with van der Waals surface area (Å²) in [6.45, 7) is 5.95. The van der Waals surface area contributed by atoms with Gasteiger partial charge in [-0.25, -0.2) is 4.98 Å². The van der Waals surface area contributed by atoms with Crippen molar-refractivity contribution in [3.05, 3.63) is 53.7 Å². The molecule has 1 unspecified atom stereocenters. The van der Waals surface area contributed by atoms with Gasteiger partial charge in [-0.3, -0.25) is 0 Å². The highest BCUT2D eigenvalue weighted by molar-refractivity contribution is 5.40. The van der Waals surface area contributed by atoms with Crippen LogP contribution in [0.3, 0.4) is 0 Å². The number of para-hydroxylation sites is 1. The van der Waals surface area contributed by atoms with E-state index in [4.69, 9.17) is 4.74 Å². The maximum atomic E-state index is 9.74. The standard InChI is InChI=1S/C16H19NO2/c1-11(2)13-7-4-5-9-15(13)19-16-14(12(3)18)8-6-10-17-16/h4-12,18H,1-3H3. The summed E-state index contributed by atoms with van der Waals surface area (Å²) < 4.78 is 5.89. The van der Waals surface area contributed by atoms with E-state index < -0.39 is 6.10 Å². The summed E-state index contributed by atoms with van der Waals surface area (Å²) in [4.78, 5) is 4.21. The fraction of sp³-hybridized carbons (Fsp3) is 0.312. The number of aliphatic hydroxyl groups excluding tert-OH is 1. The second kappa shape index (κ2) is 5.85. The number of aliphatic hydroxyl groups is 1. The van der Waals surface area contributed by atoms with Gasteiger partial charge in [-0.2, -0.15) is 0 Å². The van der Waals surface area contributed by atoms with Crippen LogP contribution in [-0.4, -0.2) is 10.1 Å². The van der Waals surface area contributed by atoms with Gasteiger partial charge in [0.05, 0.1) is 6.10 Å². The molecule has 0 saturated carbocycles. The molecule has 1 atom stereocenters. The highest BCUT2D eigenvalue weighted by Gasteiger charge is 2.13. The molecule has 0 fully saturated rings. The molecule has 3 nitrogen and oxygen atoms in total. The Morgan fingerprint density at radius 1 is 1.00 bits per heavy atom. The van der Waals surface area contributed by atoms with Gasteiger partial charge in [0, 0.05) is 11.8 Å². The number of rotatable bonds is 4. The number of benzene rings is 1. The van der Waals surface area contributed by atoms with E-state index in [2.05, 4.69) is 18.8 Å². The summed E-state index contributed by atoms with van der Waals surface area (Å²) in [5, 5.41) is 9.74. The first kappa shape index (κ1) is 13.6. The van der Waals surface area contributed by atoms with E-state index in [1.807, 2.05) is 30.3 Å². The molecular formula is C16H19NO2. The topological polar surface area (TPSA) is 42.4 Å². The monoisotopic (exact) mass is 257 g/mol. The fourth-order valence-corrected chi connectivity index (χ4v) is 1.96. The summed E-state index contributed by atoms with van der Waals surface area (Å²) in [6.07, 6.45) is 1.06. The molecule has 0 aliphatic heterocycles. The molecule has 1 aromatic heterocycles. The highest BCUT2D eigenvalue weighted by Crippen LogP contribution is 2.32. The van der Waals surface area contributed by atoms with Gasteiger partial charge in [0.2, 0.25) is 5.88 Å². The second-order valence-corrected chi connectivity index (χ2v) is 4.87. The van der Waals surface area contributed by atoms with Crippen LogP contribution in [0.25, 0.3) is 0 Å². The minimum atomic E-state index is -0.602. The molecule has 0 spiro atoms. The van der Waals surface area contributed by atoms with E-state index in [1.165, 1.54) is 0 Å². The van der Waals surface area contributed by atoms with Crippen LogP contribution in [0.2, 0.25) is 0 Å². The summed E-state index contributed by atoms with van der Waals surface area (Å²) >= 11 is 0. The zero-order valence-corrected chi connectivity index (χ0v) is 11.5. The predicted molar refractivity (Wildman–Crippen MR) is 75.5 cm³/mol. The van der Waals surface area contributed by atoms with Crippen LogP contribution in [0.15, 0.2) is 42.6 Å². The van der Waals surface area contributed by atoms with Crippen molar-refractivity contribution >= 4 is 0 Å². The third-order valence-corrected chi connectivity index (χ3v) is 3.00. The third kappa shape index (κ3) is 3.12. The van der Waals surface area contributed by atoms with Gasteiger partial charge in [0.15, 0.2) is 0 Å². The lowest BCUT2D eigenvalue weighted by atomic mass is 10.0. The van der Waals surface area contributed by atoms with Gasteiger partial charge in [0.1, 0.15) is 5.75 Å². The molecule has 1 aromatic carbocycles. The van der Waals surface area contributed by atoms with Crippen LogP contribution in [0.4, 0.5) is 0 Å². The van der Waals surface area contributed by atoms with E-state index in [9.17, 15) is 5.11 Å². The Morgan fingerprint density at radius 3 is 2.37 bits per heavy atom. The average molecular weight is 257 g/mol. The summed E-state index contributed by atoms with van der Waals surface area (Å²) in [6, 6.07) is 11.5. The lowest BCUT2D eigenvalue weighted by Crippen LogP contribution is -2.00. The summed E-state index contributed by atoms with van der Waals surface area (Å²) in [5.41, 5.74) is 1.82. The third-order valence-electron chi connectivity index (χ3n) is 3.00. The van der Waals surface area contributed by atoms with Crippen LogP contribution in [0.1, 0.15) is 43.9 Å². The van der Waals surface area contributed by atoms with Gasteiger partial charge >= 0.3 is 0 Å². The van der Waals surface area contributed by atoms with Crippen LogP contribution >= 0.6 is 0 Å². The minimum absolute atomic E-state index is 0.370. The predicted octanol–water partition coefficient (Wildman–Crippen LogP) is 4.05. The Kier molecular flexibility index (Phi) is 4.17. The Hall–Kier alpha value is -1.87. The van der Waals surface area contributed by atoms with Crippen LogP contribution in [0.5, 0.6) is 11.6 Å². The second-order valence-electron chi connectivity index (χ2n) is 4.87. The molecule has 2 aromatic rings. The van der Waals surface area contributed by atoms with E-state index in [1.54, 1.807) is 19.2 Å². The molecule has 3 heteroatoms. The first-order valence-electron chi connectivity index (χ1n) is 6.49. The molecule has 0 amide bonds. The Balaban J connectivity index is 2.37. The number of hydrogen-bond acceptors (Lipinski definition) is 3. The van der Waals surface area contributed by atoms with Gasteiger partial charge < -0.3 is 9.84 Å². The largest absolute Gasteiger partial charge is 0.438 e. The number of hydrogen-bond donors (Lipinski definition) is 1. The molecule has 0 bridgehead atoms. The molecule has 100 valence electrons. The van der Waals surface area contributed by atoms with Crippen LogP contribution in [-0.2, 0) is 0 Å². The summed E-state index contributed by atoms with van der Waals surface area (Å²) in [5.74, 6) is 1.62. The Morgan fingerprint density at radius 2 is 1.68 bits per heavy atom. The molecular weight excluding hydrogens is 238 g/mol. The first-order valence-corrected chi connectivity index (χ1v) is 6.49. The zero-order valence-electron chi connectivity index (χ0n) is 11.5. The van der Waals surface area contributed by atoms with E-state index in [0.717, 1.165) is 11.3 Å². The molecule has 0 aliphatic carbocycles. The molecule has 1 N–H and O–H groups in total. The fourth-order valence-electron chi connectivity index (χ4n) is 1.96. The Bertz CT molecular complexity index is 500. The number of ether oxygens (including phenoxy) is 1. The number of pyridine rings is 1. The minimum Gasteiger partial charge on any atom is -0.438 e. The number of aromatic nitrogens is 1. The molecule has 0 radical (unpaired) electrons. The van der Waals surface area contributed by atoms with Crippen molar-refractivity contribution in [2.24, 2.45) is 0 Å². The van der Waals surface area contributed by atoms with E-state index in [0.29, 0.717) is 17.4 Å². The van der Waals surface area contributed by atoms with Crippen molar-refractivity contribution in [1.29, 1.82) is 0 Å². The van der Waals surface area contributed by atoms with Crippen LogP contribution < -0.4 is 4.74 Å². The summed E-state index contributed by atoms with van der Waals surface area (Å²) in [7, 11) is 0. The molecule has 0 saturated heterocycles. The highest BCUT2D eigenvalue weighted by atomic mass is 16.5. The SMILES string of the molecule is CC(C)c1ccccc1Oc1ncccc1C(C)O. The lowest BCUT2D eigenvalue weighted by Gasteiger charge is -2.15. The molecule has 19 heavy (non-hydrogen) atoms. The number of nitrogens with zero attached hydrogens (tertiary/aromatic N) is 1. The van der Waals surface area contributed by atoms with Crippen molar-refractivity contribution in [3.8, 4) is 11.6 Å². The molecule has 1 heterocycles. The van der Waals surface area contributed by atoms with Crippen molar-refractivity contribution in [2.45, 2.75) is 32.8 Å². The van der Waals surface area contributed by atoms with E-state index in [-0.39, 0.29) is 0 Å². The van der Waals surface area contributed by atoms with Gasteiger partial charge in [0.25, 0.3) is 0 Å². The maximum Gasteiger partial charge on any atom is 0.225 e. The molecule has 2 rings (SSSR count). The first-order chi connectivity index (χ1) is 9.09. The zero-order chi connectivity index (χ0) is 13.8. The van der Waals surface area contributed by atoms with Crippen molar-refractivity contribution in [2.75, 3.05) is 0 Å². The normalized spacial score (nSPS) is 12.5. The van der Waals surface area contributed by atoms with Crippen molar-refractivity contribution in [1.82, 2.24) is 4.98 Å². The Labute approximate surface area is 113 Å². The smallest absolute Gasteiger partial charge is 0.225 e. The molecule has 0 aliphatic rings. The quantitative estimate of drug-likeness (QED) is 0.898. The van der Waals surface area contributed by atoms with Gasteiger partial charge in [-0.15, -0.1) is 0 Å². The van der Waals surface area contributed by atoms with Crippen molar-refractivity contribution in [3.63, 3.8) is 0 Å². The van der Waals surface area contributed by atoms with Gasteiger partial charge in [-0.05, 0) is 36.6 Å². The van der Waals surface area contributed by atoms with Gasteiger partial charge in [-0.1, -0.05) is 32.0 Å². The van der Waals surface area contributed by atoms with Crippen molar-refractivity contribution < 1.29 is 9.84 Å².